The zero-order chi connectivity index (χ0) is 14.5. The van der Waals surface area contributed by atoms with E-state index in [-0.39, 0.29) is 0 Å². The summed E-state index contributed by atoms with van der Waals surface area (Å²) in [6.45, 7) is 2.80. The first-order valence-corrected chi connectivity index (χ1v) is 6.85. The molecule has 0 aliphatic heterocycles. The predicted molar refractivity (Wildman–Crippen MR) is 80.1 cm³/mol. The van der Waals surface area contributed by atoms with Crippen molar-refractivity contribution in [1.82, 2.24) is 24.7 Å². The molecule has 106 valence electrons. The minimum absolute atomic E-state index is 0.585. The Balaban J connectivity index is 1.75. The summed E-state index contributed by atoms with van der Waals surface area (Å²) in [4.78, 5) is 12.8. The highest BCUT2D eigenvalue weighted by molar-refractivity contribution is 5.34. The molecule has 0 aromatic carbocycles. The molecule has 3 heterocycles. The summed E-state index contributed by atoms with van der Waals surface area (Å²) in [5.74, 6) is 1.32. The molecule has 3 aromatic heterocycles. The Morgan fingerprint density at radius 3 is 2.90 bits per heavy atom. The van der Waals surface area contributed by atoms with Crippen LogP contribution in [0, 0.1) is 0 Å². The van der Waals surface area contributed by atoms with Crippen LogP contribution in [-0.2, 0) is 13.0 Å². The molecule has 3 aromatic rings. The maximum Gasteiger partial charge on any atom is 0.224 e. The lowest BCUT2D eigenvalue weighted by atomic mass is 10.1. The smallest absolute Gasteiger partial charge is 0.224 e. The first kappa shape index (κ1) is 13.2. The van der Waals surface area contributed by atoms with Gasteiger partial charge in [0.25, 0.3) is 0 Å². The Kier molecular flexibility index (Phi) is 3.86. The number of nitrogens with one attached hydrogen (secondary N) is 1. The largest absolute Gasteiger partial charge is 0.350 e. The van der Waals surface area contributed by atoms with E-state index in [9.17, 15) is 0 Å². The van der Waals surface area contributed by atoms with E-state index in [0.717, 1.165) is 12.2 Å². The molecule has 0 aliphatic carbocycles. The molecule has 0 saturated heterocycles. The van der Waals surface area contributed by atoms with Gasteiger partial charge in [-0.1, -0.05) is 6.92 Å². The summed E-state index contributed by atoms with van der Waals surface area (Å²) in [6.07, 6.45) is 9.96. The highest BCUT2D eigenvalue weighted by Gasteiger charge is 2.04. The first-order chi connectivity index (χ1) is 10.4. The van der Waals surface area contributed by atoms with E-state index in [1.807, 2.05) is 30.6 Å². The van der Waals surface area contributed by atoms with E-state index in [2.05, 4.69) is 32.3 Å². The molecule has 0 fully saturated rings. The predicted octanol–water partition coefficient (Wildman–Crippen LogP) is 2.23. The number of rotatable bonds is 5. The van der Waals surface area contributed by atoms with Crippen LogP contribution >= 0.6 is 0 Å². The Hall–Kier alpha value is -2.76. The molecule has 0 bridgehead atoms. The molecule has 0 unspecified atom stereocenters. The van der Waals surface area contributed by atoms with Gasteiger partial charge in [-0.15, -0.1) is 0 Å². The number of aryl methyl sites for hydroxylation is 1. The molecule has 6 heteroatoms. The number of aromatic nitrogens is 5. The summed E-state index contributed by atoms with van der Waals surface area (Å²) >= 11 is 0. The monoisotopic (exact) mass is 280 g/mol. The third-order valence-corrected chi connectivity index (χ3v) is 3.20. The summed E-state index contributed by atoms with van der Waals surface area (Å²) in [7, 11) is 0. The maximum absolute atomic E-state index is 4.45. The molecule has 0 radical (unpaired) electrons. The number of hydrogen-bond acceptors (Lipinski definition) is 5. The molecule has 0 aliphatic rings. The van der Waals surface area contributed by atoms with E-state index >= 15 is 0 Å². The van der Waals surface area contributed by atoms with Gasteiger partial charge in [0.2, 0.25) is 5.95 Å². The lowest BCUT2D eigenvalue weighted by molar-refractivity contribution is 0.838. The van der Waals surface area contributed by atoms with E-state index in [1.54, 1.807) is 23.3 Å². The van der Waals surface area contributed by atoms with Crippen LogP contribution in [0.15, 0.2) is 49.2 Å². The third-order valence-electron chi connectivity index (χ3n) is 3.20. The fraction of sp³-hybridized carbons (Fsp3) is 0.200. The topological polar surface area (TPSA) is 68.5 Å². The van der Waals surface area contributed by atoms with Gasteiger partial charge in [-0.3, -0.25) is 4.98 Å². The van der Waals surface area contributed by atoms with Gasteiger partial charge >= 0.3 is 0 Å². The fourth-order valence-electron chi connectivity index (χ4n) is 2.09. The molecule has 21 heavy (non-hydrogen) atoms. The molecule has 1 N–H and O–H groups in total. The molecule has 0 saturated carbocycles. The highest BCUT2D eigenvalue weighted by atomic mass is 15.3. The van der Waals surface area contributed by atoms with Gasteiger partial charge < -0.3 is 5.32 Å². The van der Waals surface area contributed by atoms with Crippen LogP contribution in [0.2, 0.25) is 0 Å². The molecule has 0 amide bonds. The van der Waals surface area contributed by atoms with Gasteiger partial charge in [0.05, 0.1) is 0 Å². The first-order valence-electron chi connectivity index (χ1n) is 6.85. The van der Waals surface area contributed by atoms with Crippen molar-refractivity contribution in [3.8, 4) is 5.82 Å². The number of nitrogens with zero attached hydrogens (tertiary/aromatic N) is 5. The van der Waals surface area contributed by atoms with Crippen LogP contribution in [0.4, 0.5) is 5.95 Å². The second-order valence-electron chi connectivity index (χ2n) is 4.54. The lowest BCUT2D eigenvalue weighted by Crippen LogP contribution is -2.08. The summed E-state index contributed by atoms with van der Waals surface area (Å²) in [5.41, 5.74) is 2.44. The molecule has 3 rings (SSSR count). The maximum atomic E-state index is 4.45. The fourth-order valence-corrected chi connectivity index (χ4v) is 2.09. The minimum Gasteiger partial charge on any atom is -0.350 e. The number of hydrogen-bond donors (Lipinski definition) is 1. The Morgan fingerprint density at radius 2 is 2.10 bits per heavy atom. The molecule has 6 nitrogen and oxygen atoms in total. The van der Waals surface area contributed by atoms with E-state index < -0.39 is 0 Å². The quantitative estimate of drug-likeness (QED) is 0.776. The van der Waals surface area contributed by atoms with Crippen molar-refractivity contribution in [1.29, 1.82) is 0 Å². The van der Waals surface area contributed by atoms with Crippen LogP contribution < -0.4 is 5.32 Å². The normalized spacial score (nSPS) is 10.5. The van der Waals surface area contributed by atoms with Crippen molar-refractivity contribution in [3.63, 3.8) is 0 Å². The average molecular weight is 280 g/mol. The van der Waals surface area contributed by atoms with Gasteiger partial charge in [0.1, 0.15) is 0 Å². The highest BCUT2D eigenvalue weighted by Crippen LogP contribution is 2.11. The van der Waals surface area contributed by atoms with Gasteiger partial charge in [0.15, 0.2) is 5.82 Å². The average Bonchev–Trinajstić information content (AvgIpc) is 3.08. The summed E-state index contributed by atoms with van der Waals surface area (Å²) in [6, 6.07) is 5.70. The second kappa shape index (κ2) is 6.13. The van der Waals surface area contributed by atoms with Crippen LogP contribution in [0.1, 0.15) is 18.1 Å². The van der Waals surface area contributed by atoms with Crippen molar-refractivity contribution in [2.24, 2.45) is 0 Å². The van der Waals surface area contributed by atoms with Gasteiger partial charge in [-0.05, 0) is 29.7 Å². The molecular weight excluding hydrogens is 264 g/mol. The number of anilines is 1. The van der Waals surface area contributed by atoms with Crippen molar-refractivity contribution in [2.75, 3.05) is 5.32 Å². The Bertz CT molecular complexity index is 708. The standard InChI is InChI=1S/C15H16N6/c1-2-12-10-16-7-4-13(12)11-18-15-17-8-5-14(20-15)21-9-3-6-19-21/h3-10H,2,11H2,1H3,(H,17,18,20). The zero-order valence-corrected chi connectivity index (χ0v) is 11.8. The van der Waals surface area contributed by atoms with Crippen LogP contribution in [0.25, 0.3) is 5.82 Å². The van der Waals surface area contributed by atoms with Crippen molar-refractivity contribution in [2.45, 2.75) is 19.9 Å². The molecule has 0 spiro atoms. The summed E-state index contributed by atoms with van der Waals surface area (Å²) in [5, 5.41) is 7.41. The van der Waals surface area contributed by atoms with Crippen molar-refractivity contribution < 1.29 is 0 Å². The Morgan fingerprint density at radius 1 is 1.14 bits per heavy atom. The van der Waals surface area contributed by atoms with E-state index in [1.165, 1.54) is 11.1 Å². The van der Waals surface area contributed by atoms with Crippen LogP contribution in [0.5, 0.6) is 0 Å². The van der Waals surface area contributed by atoms with Crippen molar-refractivity contribution in [3.05, 3.63) is 60.3 Å². The van der Waals surface area contributed by atoms with E-state index in [4.69, 9.17) is 0 Å². The third kappa shape index (κ3) is 3.05. The SMILES string of the molecule is CCc1cnccc1CNc1nccc(-n2cccn2)n1. The zero-order valence-electron chi connectivity index (χ0n) is 11.8. The Labute approximate surface area is 122 Å². The second-order valence-corrected chi connectivity index (χ2v) is 4.54. The molecular formula is C15H16N6. The van der Waals surface area contributed by atoms with E-state index in [0.29, 0.717) is 12.5 Å². The molecule has 0 atom stereocenters. The van der Waals surface area contributed by atoms with Crippen LogP contribution in [0.3, 0.4) is 0 Å². The number of pyridine rings is 1. The lowest BCUT2D eigenvalue weighted by Gasteiger charge is -2.09. The van der Waals surface area contributed by atoms with Gasteiger partial charge in [-0.25, -0.2) is 9.67 Å². The van der Waals surface area contributed by atoms with Gasteiger partial charge in [0, 0.05) is 43.6 Å². The summed E-state index contributed by atoms with van der Waals surface area (Å²) < 4.78 is 1.71. The van der Waals surface area contributed by atoms with Gasteiger partial charge in [-0.2, -0.15) is 10.1 Å². The minimum atomic E-state index is 0.585. The van der Waals surface area contributed by atoms with Crippen LogP contribution in [-0.4, -0.2) is 24.7 Å². The van der Waals surface area contributed by atoms with Crippen molar-refractivity contribution >= 4 is 5.95 Å².